The van der Waals surface area contributed by atoms with Gasteiger partial charge in [-0.1, -0.05) is 26.0 Å². The number of hydrogen-bond donors (Lipinski definition) is 2. The Kier molecular flexibility index (Phi) is 6.48. The number of benzene rings is 2. The van der Waals surface area contributed by atoms with Crippen molar-refractivity contribution in [2.75, 3.05) is 17.7 Å². The largest absolute Gasteiger partial charge is 0.452 e. The number of nitrogens with two attached hydrogens (primary N) is 1. The van der Waals surface area contributed by atoms with E-state index in [1.807, 2.05) is 12.1 Å². The van der Waals surface area contributed by atoms with E-state index >= 15 is 0 Å². The lowest BCUT2D eigenvalue weighted by atomic mass is 9.99. The maximum absolute atomic E-state index is 12.0. The van der Waals surface area contributed by atoms with Gasteiger partial charge in [0.2, 0.25) is 0 Å². The zero-order valence-electron chi connectivity index (χ0n) is 15.1. The Balaban J connectivity index is 1.92. The van der Waals surface area contributed by atoms with Gasteiger partial charge in [-0.3, -0.25) is 14.9 Å². The molecular formula is C19H21N3O5. The Morgan fingerprint density at radius 1 is 1.22 bits per heavy atom. The Morgan fingerprint density at radius 2 is 1.89 bits per heavy atom. The first-order valence-electron chi connectivity index (χ1n) is 8.42. The van der Waals surface area contributed by atoms with Gasteiger partial charge in [0.25, 0.3) is 11.6 Å². The van der Waals surface area contributed by atoms with Crippen molar-refractivity contribution in [3.63, 3.8) is 0 Å². The van der Waals surface area contributed by atoms with Crippen molar-refractivity contribution >= 4 is 28.9 Å². The number of carbonyl (C=O) groups excluding carboxylic acids is 2. The molecule has 27 heavy (non-hydrogen) atoms. The highest BCUT2D eigenvalue weighted by molar-refractivity contribution is 5.96. The average Bonchev–Trinajstić information content (AvgIpc) is 2.66. The average molecular weight is 371 g/mol. The lowest BCUT2D eigenvalue weighted by Crippen LogP contribution is -2.21. The van der Waals surface area contributed by atoms with Crippen LogP contribution in [0, 0.1) is 10.1 Å². The topological polar surface area (TPSA) is 125 Å². The van der Waals surface area contributed by atoms with E-state index in [4.69, 9.17) is 10.5 Å². The molecule has 2 aromatic rings. The third kappa shape index (κ3) is 5.27. The maximum atomic E-state index is 12.0. The molecule has 3 N–H and O–H groups in total. The summed E-state index contributed by atoms with van der Waals surface area (Å²) in [5.74, 6) is -0.926. The molecule has 0 bridgehead atoms. The van der Waals surface area contributed by atoms with Crippen LogP contribution < -0.4 is 11.1 Å². The molecule has 2 aromatic carbocycles. The number of nitrogens with zero attached hydrogens (tertiary/aromatic N) is 1. The maximum Gasteiger partial charge on any atom is 0.338 e. The molecule has 0 fully saturated rings. The predicted molar refractivity (Wildman–Crippen MR) is 102 cm³/mol. The second-order valence-electron chi connectivity index (χ2n) is 6.09. The minimum Gasteiger partial charge on any atom is -0.452 e. The number of nitrogens with one attached hydrogen (secondary N) is 1. The van der Waals surface area contributed by atoms with Gasteiger partial charge in [0.15, 0.2) is 6.61 Å². The third-order valence-electron chi connectivity index (χ3n) is 4.17. The molecule has 1 atom stereocenters. The fourth-order valence-electron chi connectivity index (χ4n) is 2.37. The first-order valence-corrected chi connectivity index (χ1v) is 8.42. The molecule has 142 valence electrons. The van der Waals surface area contributed by atoms with Gasteiger partial charge < -0.3 is 15.8 Å². The van der Waals surface area contributed by atoms with Crippen LogP contribution in [0.3, 0.4) is 0 Å². The van der Waals surface area contributed by atoms with E-state index in [0.29, 0.717) is 11.6 Å². The molecule has 0 saturated carbocycles. The molecule has 0 aliphatic heterocycles. The van der Waals surface area contributed by atoms with Crippen molar-refractivity contribution < 1.29 is 19.2 Å². The predicted octanol–water partition coefficient (Wildman–Crippen LogP) is 3.49. The van der Waals surface area contributed by atoms with Crippen LogP contribution in [0.15, 0.2) is 42.5 Å². The quantitative estimate of drug-likeness (QED) is 0.332. The minimum absolute atomic E-state index is 0.0541. The standard InChI is InChI=1S/C19H21N3O5/c1-3-12(2)13-4-7-15(8-5-13)21-18(23)11-27-19(24)14-6-9-16(20)17(10-14)22(25)26/h4-10,12H,3,11,20H2,1-2H3,(H,21,23)/t12-/m1/s1. The van der Waals surface area contributed by atoms with Gasteiger partial charge in [0, 0.05) is 11.8 Å². The van der Waals surface area contributed by atoms with Crippen molar-refractivity contribution in [1.82, 2.24) is 0 Å². The van der Waals surface area contributed by atoms with Crippen LogP contribution in [-0.2, 0) is 9.53 Å². The lowest BCUT2D eigenvalue weighted by Gasteiger charge is -2.11. The fraction of sp³-hybridized carbons (Fsp3) is 0.263. The van der Waals surface area contributed by atoms with E-state index in [1.54, 1.807) is 12.1 Å². The molecule has 8 nitrogen and oxygen atoms in total. The summed E-state index contributed by atoms with van der Waals surface area (Å²) in [6.45, 7) is 3.71. The molecule has 0 aromatic heterocycles. The van der Waals surface area contributed by atoms with Crippen LogP contribution >= 0.6 is 0 Å². The van der Waals surface area contributed by atoms with Gasteiger partial charge >= 0.3 is 5.97 Å². The van der Waals surface area contributed by atoms with Crippen LogP contribution in [0.25, 0.3) is 0 Å². The SMILES string of the molecule is CC[C@@H](C)c1ccc(NC(=O)COC(=O)c2ccc(N)c([N+](=O)[O-])c2)cc1. The third-order valence-corrected chi connectivity index (χ3v) is 4.17. The minimum atomic E-state index is -0.847. The van der Waals surface area contributed by atoms with Crippen LogP contribution in [0.5, 0.6) is 0 Å². The van der Waals surface area contributed by atoms with Crippen LogP contribution in [-0.4, -0.2) is 23.4 Å². The van der Waals surface area contributed by atoms with Crippen LogP contribution in [0.2, 0.25) is 0 Å². The van der Waals surface area contributed by atoms with Crippen molar-refractivity contribution in [3.8, 4) is 0 Å². The molecule has 0 aliphatic rings. The second-order valence-corrected chi connectivity index (χ2v) is 6.09. The molecule has 2 rings (SSSR count). The number of rotatable bonds is 7. The molecular weight excluding hydrogens is 350 g/mol. The molecule has 0 heterocycles. The van der Waals surface area contributed by atoms with Gasteiger partial charge in [-0.15, -0.1) is 0 Å². The number of amides is 1. The lowest BCUT2D eigenvalue weighted by molar-refractivity contribution is -0.383. The highest BCUT2D eigenvalue weighted by atomic mass is 16.6. The Labute approximate surface area is 156 Å². The number of nitro benzene ring substituents is 1. The molecule has 1 amide bonds. The summed E-state index contributed by atoms with van der Waals surface area (Å²) in [6, 6.07) is 11.0. The normalized spacial score (nSPS) is 11.5. The summed E-state index contributed by atoms with van der Waals surface area (Å²) in [5, 5.41) is 13.5. The molecule has 0 unspecified atom stereocenters. The van der Waals surface area contributed by atoms with Crippen LogP contribution in [0.1, 0.15) is 42.1 Å². The summed E-state index contributed by atoms with van der Waals surface area (Å²) in [4.78, 5) is 34.1. The molecule has 0 spiro atoms. The van der Waals surface area contributed by atoms with E-state index in [9.17, 15) is 19.7 Å². The van der Waals surface area contributed by atoms with Crippen LogP contribution in [0.4, 0.5) is 17.1 Å². The Hall–Kier alpha value is -3.42. The number of nitro groups is 1. The van der Waals surface area contributed by atoms with E-state index in [-0.39, 0.29) is 11.3 Å². The van der Waals surface area contributed by atoms with Crippen molar-refractivity contribution in [2.24, 2.45) is 0 Å². The van der Waals surface area contributed by atoms with Gasteiger partial charge in [-0.05, 0) is 42.2 Å². The van der Waals surface area contributed by atoms with E-state index in [2.05, 4.69) is 19.2 Å². The molecule has 8 heteroatoms. The number of ether oxygens (including phenoxy) is 1. The summed E-state index contributed by atoms with van der Waals surface area (Å²) in [7, 11) is 0. The van der Waals surface area contributed by atoms with Crippen molar-refractivity contribution in [2.45, 2.75) is 26.2 Å². The number of esters is 1. The molecule has 0 radical (unpaired) electrons. The molecule has 0 saturated heterocycles. The first-order chi connectivity index (χ1) is 12.8. The van der Waals surface area contributed by atoms with E-state index in [1.165, 1.54) is 17.7 Å². The van der Waals surface area contributed by atoms with Gasteiger partial charge in [-0.2, -0.15) is 0 Å². The van der Waals surface area contributed by atoms with E-state index in [0.717, 1.165) is 12.5 Å². The summed E-state index contributed by atoms with van der Waals surface area (Å²) in [5.41, 5.74) is 6.73. The van der Waals surface area contributed by atoms with Gasteiger partial charge in [0.05, 0.1) is 10.5 Å². The Morgan fingerprint density at radius 3 is 2.48 bits per heavy atom. The van der Waals surface area contributed by atoms with Crippen molar-refractivity contribution in [3.05, 3.63) is 63.7 Å². The smallest absolute Gasteiger partial charge is 0.338 e. The number of hydrogen-bond acceptors (Lipinski definition) is 6. The number of anilines is 2. The number of nitrogen functional groups attached to an aromatic ring is 1. The molecule has 0 aliphatic carbocycles. The zero-order valence-corrected chi connectivity index (χ0v) is 15.1. The fourth-order valence-corrected chi connectivity index (χ4v) is 2.37. The highest BCUT2D eigenvalue weighted by Crippen LogP contribution is 2.23. The number of carbonyl (C=O) groups is 2. The van der Waals surface area contributed by atoms with Crippen molar-refractivity contribution in [1.29, 1.82) is 0 Å². The monoisotopic (exact) mass is 371 g/mol. The van der Waals surface area contributed by atoms with Gasteiger partial charge in [-0.25, -0.2) is 4.79 Å². The van der Waals surface area contributed by atoms with E-state index < -0.39 is 29.1 Å². The second kappa shape index (κ2) is 8.79. The van der Waals surface area contributed by atoms with Gasteiger partial charge in [0.1, 0.15) is 5.69 Å². The first kappa shape index (κ1) is 19.9. The summed E-state index contributed by atoms with van der Waals surface area (Å²) >= 11 is 0. The Bertz CT molecular complexity index is 849. The zero-order chi connectivity index (χ0) is 20.0. The summed E-state index contributed by atoms with van der Waals surface area (Å²) in [6.07, 6.45) is 1.02. The summed E-state index contributed by atoms with van der Waals surface area (Å²) < 4.78 is 4.90. The highest BCUT2D eigenvalue weighted by Gasteiger charge is 2.17.